The van der Waals surface area contributed by atoms with Gasteiger partial charge in [-0.1, -0.05) is 30.3 Å². The molecule has 114 valence electrons. The highest BCUT2D eigenvalue weighted by molar-refractivity contribution is 7.89. The maximum atomic E-state index is 12.7. The summed E-state index contributed by atoms with van der Waals surface area (Å²) < 4.78 is 31.9. The van der Waals surface area contributed by atoms with Crippen LogP contribution in [0.3, 0.4) is 0 Å². The normalized spacial score (nSPS) is 12.2. The Morgan fingerprint density at radius 2 is 1.81 bits per heavy atom. The van der Waals surface area contributed by atoms with Gasteiger partial charge in [-0.25, -0.2) is 8.42 Å². The molecule has 2 rings (SSSR count). The molecular weight excluding hydrogens is 290 g/mol. The smallest absolute Gasteiger partial charge is 0.276 e. The van der Waals surface area contributed by atoms with E-state index in [1.165, 1.54) is 16.4 Å². The second-order valence-electron chi connectivity index (χ2n) is 5.01. The molecule has 0 aliphatic carbocycles. The number of nitrogens with zero attached hydrogens (tertiary/aromatic N) is 1. The van der Waals surface area contributed by atoms with Crippen molar-refractivity contribution in [3.63, 3.8) is 0 Å². The molecule has 0 bridgehead atoms. The van der Waals surface area contributed by atoms with Crippen LogP contribution < -0.4 is 0 Å². The lowest BCUT2D eigenvalue weighted by Gasteiger charge is -2.24. The lowest BCUT2D eigenvalue weighted by atomic mass is 10.2. The van der Waals surface area contributed by atoms with Gasteiger partial charge >= 0.3 is 0 Å². The molecule has 5 nitrogen and oxygen atoms in total. The molecule has 1 heterocycles. The summed E-state index contributed by atoms with van der Waals surface area (Å²) in [5.41, 5.74) is 0.906. The van der Waals surface area contributed by atoms with E-state index in [0.717, 1.165) is 5.56 Å². The van der Waals surface area contributed by atoms with Crippen LogP contribution in [-0.2, 0) is 23.2 Å². The van der Waals surface area contributed by atoms with Gasteiger partial charge < -0.3 is 9.52 Å². The Kier molecular flexibility index (Phi) is 4.82. The molecule has 6 heteroatoms. The average Bonchev–Trinajstić information content (AvgIpc) is 2.95. The minimum absolute atomic E-state index is 0.142. The summed E-state index contributed by atoms with van der Waals surface area (Å²) in [5.74, 6) is 0.233. The maximum absolute atomic E-state index is 12.7. The Morgan fingerprint density at radius 3 is 2.33 bits per heavy atom. The van der Waals surface area contributed by atoms with E-state index < -0.39 is 10.0 Å². The van der Waals surface area contributed by atoms with Gasteiger partial charge in [-0.3, -0.25) is 0 Å². The second-order valence-corrected chi connectivity index (χ2v) is 6.83. The Morgan fingerprint density at radius 1 is 1.14 bits per heavy atom. The van der Waals surface area contributed by atoms with E-state index in [2.05, 4.69) is 0 Å². The van der Waals surface area contributed by atoms with E-state index in [9.17, 15) is 8.42 Å². The van der Waals surface area contributed by atoms with Crippen LogP contribution in [0.15, 0.2) is 52.0 Å². The minimum atomic E-state index is -3.73. The van der Waals surface area contributed by atoms with Crippen LogP contribution in [0, 0.1) is 0 Å². The van der Waals surface area contributed by atoms with Crippen LogP contribution in [-0.4, -0.2) is 23.9 Å². The number of furan rings is 1. The third-order valence-electron chi connectivity index (χ3n) is 3.11. The van der Waals surface area contributed by atoms with Crippen molar-refractivity contribution in [2.75, 3.05) is 0 Å². The fraction of sp³-hybridized carbons (Fsp3) is 0.333. The van der Waals surface area contributed by atoms with Gasteiger partial charge in [-0.2, -0.15) is 4.31 Å². The summed E-state index contributed by atoms with van der Waals surface area (Å²) in [5, 5.41) is 8.86. The first-order chi connectivity index (χ1) is 9.95. The van der Waals surface area contributed by atoms with Crippen molar-refractivity contribution in [1.82, 2.24) is 4.31 Å². The van der Waals surface area contributed by atoms with Crippen molar-refractivity contribution in [3.8, 4) is 0 Å². The molecular formula is C15H19NO4S. The fourth-order valence-corrected chi connectivity index (χ4v) is 3.56. The first-order valence-electron chi connectivity index (χ1n) is 6.70. The lowest BCUT2D eigenvalue weighted by molar-refractivity contribution is 0.234. The highest BCUT2D eigenvalue weighted by atomic mass is 32.2. The van der Waals surface area contributed by atoms with E-state index in [-0.39, 0.29) is 30.0 Å². The molecule has 0 atom stereocenters. The van der Waals surface area contributed by atoms with E-state index in [1.54, 1.807) is 0 Å². The SMILES string of the molecule is CC(C)N(Cc1ccccc1)S(=O)(=O)c1ccc(CO)o1. The van der Waals surface area contributed by atoms with Crippen LogP contribution in [0.2, 0.25) is 0 Å². The zero-order valence-electron chi connectivity index (χ0n) is 12.1. The predicted molar refractivity (Wildman–Crippen MR) is 78.9 cm³/mol. The van der Waals surface area contributed by atoms with Gasteiger partial charge in [0.05, 0.1) is 0 Å². The van der Waals surface area contributed by atoms with E-state index in [1.807, 2.05) is 44.2 Å². The quantitative estimate of drug-likeness (QED) is 0.889. The van der Waals surface area contributed by atoms with Gasteiger partial charge in [-0.15, -0.1) is 0 Å². The highest BCUT2D eigenvalue weighted by Crippen LogP contribution is 2.23. The number of benzene rings is 1. The Bertz CT molecular complexity index is 677. The van der Waals surface area contributed by atoms with Crippen molar-refractivity contribution in [1.29, 1.82) is 0 Å². The number of aliphatic hydroxyl groups excluding tert-OH is 1. The molecule has 2 aromatic rings. The Labute approximate surface area is 124 Å². The predicted octanol–water partition coefficient (Wildman–Crippen LogP) is 2.37. The van der Waals surface area contributed by atoms with E-state index in [4.69, 9.17) is 9.52 Å². The number of aliphatic hydroxyl groups is 1. The standard InChI is InChI=1S/C15H19NO4S/c1-12(2)16(10-13-6-4-3-5-7-13)21(18,19)15-9-8-14(11-17)20-15/h3-9,12,17H,10-11H2,1-2H3. The van der Waals surface area contributed by atoms with Crippen LogP contribution >= 0.6 is 0 Å². The molecule has 0 unspecified atom stereocenters. The molecule has 0 aliphatic heterocycles. The highest BCUT2D eigenvalue weighted by Gasteiger charge is 2.30. The van der Waals surface area contributed by atoms with Gasteiger partial charge in [-0.05, 0) is 31.5 Å². The summed E-state index contributed by atoms with van der Waals surface area (Å²) in [4.78, 5) is 0. The van der Waals surface area contributed by atoms with Crippen LogP contribution in [0.5, 0.6) is 0 Å². The average molecular weight is 309 g/mol. The van der Waals surface area contributed by atoms with Crippen LogP contribution in [0.4, 0.5) is 0 Å². The monoisotopic (exact) mass is 309 g/mol. The van der Waals surface area contributed by atoms with Gasteiger partial charge in [0.25, 0.3) is 10.0 Å². The summed E-state index contributed by atoms with van der Waals surface area (Å²) in [6.07, 6.45) is 0. The first-order valence-corrected chi connectivity index (χ1v) is 8.14. The van der Waals surface area contributed by atoms with Gasteiger partial charge in [0.2, 0.25) is 5.09 Å². The number of hydrogen-bond acceptors (Lipinski definition) is 4. The van der Waals surface area contributed by atoms with Crippen LogP contribution in [0.25, 0.3) is 0 Å². The lowest BCUT2D eigenvalue weighted by Crippen LogP contribution is -2.36. The molecule has 0 spiro atoms. The van der Waals surface area contributed by atoms with Gasteiger partial charge in [0.15, 0.2) is 0 Å². The van der Waals surface area contributed by atoms with E-state index in [0.29, 0.717) is 0 Å². The third kappa shape index (κ3) is 3.53. The topological polar surface area (TPSA) is 70.8 Å². The molecule has 0 radical (unpaired) electrons. The number of sulfonamides is 1. The summed E-state index contributed by atoms with van der Waals surface area (Å²) in [6.45, 7) is 3.58. The molecule has 1 N–H and O–H groups in total. The van der Waals surface area contributed by atoms with E-state index >= 15 is 0 Å². The molecule has 0 fully saturated rings. The molecule has 0 saturated carbocycles. The molecule has 1 aromatic heterocycles. The second kappa shape index (κ2) is 6.43. The Hall–Kier alpha value is -1.63. The molecule has 1 aromatic carbocycles. The van der Waals surface area contributed by atoms with Crippen LogP contribution in [0.1, 0.15) is 25.2 Å². The zero-order valence-corrected chi connectivity index (χ0v) is 12.9. The number of rotatable bonds is 6. The van der Waals surface area contributed by atoms with Crippen molar-refractivity contribution in [3.05, 3.63) is 53.8 Å². The fourth-order valence-electron chi connectivity index (χ4n) is 2.01. The minimum Gasteiger partial charge on any atom is -0.446 e. The maximum Gasteiger partial charge on any atom is 0.276 e. The van der Waals surface area contributed by atoms with Gasteiger partial charge in [0, 0.05) is 12.6 Å². The summed E-state index contributed by atoms with van der Waals surface area (Å²) in [6, 6.07) is 12.0. The van der Waals surface area contributed by atoms with Crippen molar-refractivity contribution < 1.29 is 17.9 Å². The largest absolute Gasteiger partial charge is 0.446 e. The molecule has 0 amide bonds. The zero-order chi connectivity index (χ0) is 15.5. The van der Waals surface area contributed by atoms with Gasteiger partial charge in [0.1, 0.15) is 12.4 Å². The first kappa shape index (κ1) is 15.8. The summed E-state index contributed by atoms with van der Waals surface area (Å²) in [7, 11) is -3.73. The molecule has 0 saturated heterocycles. The molecule has 21 heavy (non-hydrogen) atoms. The third-order valence-corrected chi connectivity index (χ3v) is 5.01. The van der Waals surface area contributed by atoms with Crippen molar-refractivity contribution in [2.45, 2.75) is 38.1 Å². The van der Waals surface area contributed by atoms with Crippen molar-refractivity contribution >= 4 is 10.0 Å². The number of hydrogen-bond donors (Lipinski definition) is 1. The van der Waals surface area contributed by atoms with Crippen molar-refractivity contribution in [2.24, 2.45) is 0 Å². The summed E-state index contributed by atoms with van der Waals surface area (Å²) >= 11 is 0. The Balaban J connectivity index is 2.32. The molecule has 0 aliphatic rings.